The minimum Gasteiger partial charge on any atom is -0.481 e. The summed E-state index contributed by atoms with van der Waals surface area (Å²) in [5.74, 6) is -0.540. The van der Waals surface area contributed by atoms with E-state index in [1.54, 1.807) is 57.3 Å². The molecule has 0 aliphatic heterocycles. The lowest BCUT2D eigenvalue weighted by molar-refractivity contribution is -0.123. The van der Waals surface area contributed by atoms with E-state index in [1.807, 2.05) is 0 Å². The molecule has 0 radical (unpaired) electrons. The van der Waals surface area contributed by atoms with E-state index < -0.39 is 22.0 Å². The van der Waals surface area contributed by atoms with E-state index in [0.717, 1.165) is 10.6 Å². The van der Waals surface area contributed by atoms with Gasteiger partial charge in [0, 0.05) is 7.05 Å². The predicted molar refractivity (Wildman–Crippen MR) is 125 cm³/mol. The van der Waals surface area contributed by atoms with Crippen LogP contribution < -0.4 is 14.5 Å². The molecule has 0 saturated heterocycles. The quantitative estimate of drug-likeness (QED) is 0.413. The Hall–Kier alpha value is -3.66. The molecule has 0 aliphatic rings. The highest BCUT2D eigenvalue weighted by molar-refractivity contribution is 7.92. The summed E-state index contributed by atoms with van der Waals surface area (Å²) in [5, 5.41) is 4.94. The van der Waals surface area contributed by atoms with E-state index in [0.29, 0.717) is 33.3 Å². The number of anilines is 1. The van der Waals surface area contributed by atoms with Gasteiger partial charge in [0.1, 0.15) is 22.6 Å². The first-order valence-electron chi connectivity index (χ1n) is 10.2. The number of carbonyl (C=O) groups excluding carboxylic acids is 1. The number of benzene rings is 2. The number of carbonyl (C=O) groups is 1. The Labute approximate surface area is 190 Å². The van der Waals surface area contributed by atoms with Crippen LogP contribution in [0.15, 0.2) is 51.7 Å². The number of aromatic nitrogens is 2. The van der Waals surface area contributed by atoms with Crippen molar-refractivity contribution in [3.63, 3.8) is 0 Å². The van der Waals surface area contributed by atoms with Crippen LogP contribution in [0.2, 0.25) is 0 Å². The Kier molecular flexibility index (Phi) is 5.49. The van der Waals surface area contributed by atoms with E-state index in [4.69, 9.17) is 9.15 Å². The average Bonchev–Trinajstić information content (AvgIpc) is 2.99. The van der Waals surface area contributed by atoms with Gasteiger partial charge in [-0.2, -0.15) is 5.10 Å². The van der Waals surface area contributed by atoms with E-state index >= 15 is 0 Å². The van der Waals surface area contributed by atoms with Crippen molar-refractivity contribution in [1.29, 1.82) is 0 Å². The summed E-state index contributed by atoms with van der Waals surface area (Å²) in [5.41, 5.74) is 1.74. The highest BCUT2D eigenvalue weighted by atomic mass is 32.2. The van der Waals surface area contributed by atoms with Crippen molar-refractivity contribution < 1.29 is 22.4 Å². The number of rotatable bonds is 5. The third-order valence-corrected chi connectivity index (χ3v) is 6.44. The molecule has 2 heterocycles. The highest BCUT2D eigenvalue weighted by Crippen LogP contribution is 2.28. The second kappa shape index (κ2) is 8.04. The van der Waals surface area contributed by atoms with Crippen LogP contribution in [0.5, 0.6) is 5.75 Å². The van der Waals surface area contributed by atoms with E-state index in [9.17, 15) is 18.0 Å². The van der Waals surface area contributed by atoms with Crippen molar-refractivity contribution in [1.82, 2.24) is 9.78 Å². The fourth-order valence-electron chi connectivity index (χ4n) is 3.77. The first-order valence-corrected chi connectivity index (χ1v) is 12.0. The van der Waals surface area contributed by atoms with E-state index in [1.165, 1.54) is 17.7 Å². The van der Waals surface area contributed by atoms with Crippen molar-refractivity contribution in [3.05, 3.63) is 64.1 Å². The molecule has 10 heteroatoms. The SMILES string of the molecule is Cc1nn(C)c(C)c1N(C(=O)C(C)Oc1ccc2oc3ccccc3c(=O)c2c1)S(C)(=O)=O. The van der Waals surface area contributed by atoms with Crippen LogP contribution in [-0.4, -0.2) is 36.5 Å². The van der Waals surface area contributed by atoms with Gasteiger partial charge in [0.2, 0.25) is 15.5 Å². The third kappa shape index (κ3) is 3.97. The van der Waals surface area contributed by atoms with Gasteiger partial charge in [-0.3, -0.25) is 14.3 Å². The number of para-hydroxylation sites is 1. The van der Waals surface area contributed by atoms with Gasteiger partial charge in [0.25, 0.3) is 5.91 Å². The van der Waals surface area contributed by atoms with Crippen LogP contribution in [0.3, 0.4) is 0 Å². The monoisotopic (exact) mass is 469 g/mol. The number of hydrogen-bond donors (Lipinski definition) is 0. The molecule has 2 aromatic carbocycles. The highest BCUT2D eigenvalue weighted by Gasteiger charge is 2.34. The molecule has 4 rings (SSSR count). The van der Waals surface area contributed by atoms with Gasteiger partial charge in [0.15, 0.2) is 6.10 Å². The Morgan fingerprint density at radius 2 is 1.79 bits per heavy atom. The Morgan fingerprint density at radius 3 is 2.42 bits per heavy atom. The average molecular weight is 470 g/mol. The van der Waals surface area contributed by atoms with Crippen molar-refractivity contribution in [3.8, 4) is 5.75 Å². The van der Waals surface area contributed by atoms with Gasteiger partial charge in [0.05, 0.1) is 28.4 Å². The van der Waals surface area contributed by atoms with Crippen LogP contribution in [0, 0.1) is 13.8 Å². The fourth-order valence-corrected chi connectivity index (χ4v) is 4.84. The molecule has 33 heavy (non-hydrogen) atoms. The number of ether oxygens (including phenoxy) is 1. The third-order valence-electron chi connectivity index (χ3n) is 5.41. The summed E-state index contributed by atoms with van der Waals surface area (Å²) in [4.78, 5) is 26.1. The first kappa shape index (κ1) is 22.5. The molecule has 4 aromatic rings. The Morgan fingerprint density at radius 1 is 1.12 bits per heavy atom. The molecular weight excluding hydrogens is 446 g/mol. The summed E-state index contributed by atoms with van der Waals surface area (Å²) in [6, 6.07) is 11.5. The normalized spacial score (nSPS) is 12.8. The van der Waals surface area contributed by atoms with E-state index in [-0.39, 0.29) is 16.9 Å². The smallest absolute Gasteiger partial charge is 0.281 e. The number of nitrogens with zero attached hydrogens (tertiary/aromatic N) is 3. The Balaban J connectivity index is 1.71. The summed E-state index contributed by atoms with van der Waals surface area (Å²) in [7, 11) is -2.30. The molecule has 1 atom stereocenters. The molecule has 9 nitrogen and oxygen atoms in total. The Bertz CT molecular complexity index is 1570. The fraction of sp³-hybridized carbons (Fsp3) is 0.261. The molecule has 0 aliphatic carbocycles. The summed E-state index contributed by atoms with van der Waals surface area (Å²) in [6.07, 6.45) is -0.209. The van der Waals surface area contributed by atoms with Crippen LogP contribution in [0.25, 0.3) is 21.9 Å². The second-order valence-corrected chi connectivity index (χ2v) is 9.69. The number of aryl methyl sites for hydroxylation is 2. The molecule has 0 spiro atoms. The summed E-state index contributed by atoms with van der Waals surface area (Å²) < 4.78 is 38.9. The van der Waals surface area contributed by atoms with E-state index in [2.05, 4.69) is 5.10 Å². The summed E-state index contributed by atoms with van der Waals surface area (Å²) >= 11 is 0. The second-order valence-electron chi connectivity index (χ2n) is 7.85. The van der Waals surface area contributed by atoms with Crippen molar-refractivity contribution in [2.24, 2.45) is 7.05 Å². The standard InChI is InChI=1S/C23H23N3O6S/c1-13-21(14(2)25(4)24-13)26(33(5,29)30)23(28)15(3)31-16-10-11-20-18(12-16)22(27)17-8-6-7-9-19(17)32-20/h6-12,15H,1-5H3. The molecule has 0 bridgehead atoms. The maximum atomic E-state index is 13.2. The topological polar surface area (TPSA) is 112 Å². The maximum Gasteiger partial charge on any atom is 0.281 e. The number of fused-ring (bicyclic) bond motifs is 2. The molecule has 172 valence electrons. The van der Waals surface area contributed by atoms with Gasteiger partial charge in [-0.05, 0) is 51.1 Å². The first-order chi connectivity index (χ1) is 15.5. The lowest BCUT2D eigenvalue weighted by Gasteiger charge is -2.24. The van der Waals surface area contributed by atoms with Gasteiger partial charge in [-0.25, -0.2) is 12.7 Å². The number of sulfonamides is 1. The molecular formula is C23H23N3O6S. The molecule has 0 saturated carbocycles. The largest absolute Gasteiger partial charge is 0.481 e. The molecule has 0 fully saturated rings. The zero-order valence-electron chi connectivity index (χ0n) is 18.8. The minimum absolute atomic E-state index is 0.200. The van der Waals surface area contributed by atoms with Crippen molar-refractivity contribution in [2.75, 3.05) is 10.6 Å². The van der Waals surface area contributed by atoms with Gasteiger partial charge in [-0.15, -0.1) is 0 Å². The minimum atomic E-state index is -3.97. The zero-order chi connectivity index (χ0) is 24.1. The summed E-state index contributed by atoms with van der Waals surface area (Å²) in [6.45, 7) is 4.76. The maximum absolute atomic E-state index is 13.2. The van der Waals surface area contributed by atoms with Crippen LogP contribution >= 0.6 is 0 Å². The molecule has 1 unspecified atom stereocenters. The number of hydrogen-bond acceptors (Lipinski definition) is 7. The predicted octanol–water partition coefficient (Wildman–Crippen LogP) is 3.06. The molecule has 1 amide bonds. The lowest BCUT2D eigenvalue weighted by atomic mass is 10.1. The van der Waals surface area contributed by atoms with Gasteiger partial charge >= 0.3 is 0 Å². The molecule has 0 N–H and O–H groups in total. The van der Waals surface area contributed by atoms with Crippen molar-refractivity contribution >= 4 is 43.6 Å². The van der Waals surface area contributed by atoms with Crippen molar-refractivity contribution in [2.45, 2.75) is 26.9 Å². The zero-order valence-corrected chi connectivity index (χ0v) is 19.6. The van der Waals surface area contributed by atoms with Crippen LogP contribution in [0.4, 0.5) is 5.69 Å². The molecule has 2 aromatic heterocycles. The van der Waals surface area contributed by atoms with Gasteiger partial charge in [-0.1, -0.05) is 12.1 Å². The van der Waals surface area contributed by atoms with Crippen LogP contribution in [0.1, 0.15) is 18.3 Å². The lowest BCUT2D eigenvalue weighted by Crippen LogP contribution is -2.44. The van der Waals surface area contributed by atoms with Gasteiger partial charge < -0.3 is 9.15 Å². The number of amides is 1. The van der Waals surface area contributed by atoms with Crippen LogP contribution in [-0.2, 0) is 21.9 Å².